The molecule has 38 heavy (non-hydrogen) atoms. The molecule has 194 valence electrons. The average molecular weight is 534 g/mol. The smallest absolute Gasteiger partial charge is 0.187 e. The van der Waals surface area contributed by atoms with Crippen molar-refractivity contribution in [3.63, 3.8) is 0 Å². The van der Waals surface area contributed by atoms with Crippen molar-refractivity contribution in [1.82, 2.24) is 9.55 Å². The number of aromatic nitrogens is 2. The topological polar surface area (TPSA) is 81.4 Å². The van der Waals surface area contributed by atoms with Gasteiger partial charge in [-0.2, -0.15) is 0 Å². The highest BCUT2D eigenvalue weighted by Crippen LogP contribution is 2.32. The van der Waals surface area contributed by atoms with Gasteiger partial charge in [0.05, 0.1) is 22.3 Å². The molecule has 4 aromatic rings. The summed E-state index contributed by atoms with van der Waals surface area (Å²) in [6.07, 6.45) is 2.64. The van der Waals surface area contributed by atoms with Crippen molar-refractivity contribution in [2.24, 2.45) is 4.99 Å². The number of hydrogen-bond donors (Lipinski definition) is 0. The van der Waals surface area contributed by atoms with Gasteiger partial charge in [-0.25, -0.2) is 17.2 Å². The van der Waals surface area contributed by atoms with Gasteiger partial charge in [-0.05, 0) is 54.8 Å². The van der Waals surface area contributed by atoms with Crippen LogP contribution in [0.2, 0.25) is 0 Å². The fourth-order valence-corrected chi connectivity index (χ4v) is 6.38. The van der Waals surface area contributed by atoms with E-state index in [4.69, 9.17) is 0 Å². The van der Waals surface area contributed by atoms with Crippen LogP contribution >= 0.6 is 0 Å². The molecular weight excluding hydrogens is 508 g/mol. The molecule has 0 bridgehead atoms. The van der Waals surface area contributed by atoms with Gasteiger partial charge in [0.1, 0.15) is 17.4 Å². The lowest BCUT2D eigenvalue weighted by atomic mass is 9.97. The lowest BCUT2D eigenvalue weighted by Gasteiger charge is -2.10. The van der Waals surface area contributed by atoms with Gasteiger partial charge in [-0.1, -0.05) is 24.3 Å². The maximum Gasteiger partial charge on any atom is 0.187 e. The van der Waals surface area contributed by atoms with Crippen molar-refractivity contribution in [1.29, 1.82) is 0 Å². The number of aliphatic imine (C=N–C) groups is 1. The van der Waals surface area contributed by atoms with Crippen molar-refractivity contribution < 1.29 is 22.0 Å². The Hall–Kier alpha value is -3.98. The maximum absolute atomic E-state index is 15.0. The van der Waals surface area contributed by atoms with Gasteiger partial charge >= 0.3 is 0 Å². The van der Waals surface area contributed by atoms with Crippen LogP contribution in [0.5, 0.6) is 0 Å². The zero-order valence-corrected chi connectivity index (χ0v) is 21.7. The number of nitrogens with zero attached hydrogens (tertiary/aromatic N) is 3. The number of halogens is 2. The van der Waals surface area contributed by atoms with E-state index in [0.717, 1.165) is 34.1 Å². The molecule has 0 saturated carbocycles. The van der Waals surface area contributed by atoms with E-state index >= 15 is 0 Å². The third-order valence-corrected chi connectivity index (χ3v) is 8.25. The minimum Gasteiger partial charge on any atom is -0.342 e. The van der Waals surface area contributed by atoms with Crippen molar-refractivity contribution in [3.8, 4) is 0 Å². The van der Waals surface area contributed by atoms with E-state index in [2.05, 4.69) is 9.98 Å². The first kappa shape index (κ1) is 25.7. The summed E-state index contributed by atoms with van der Waals surface area (Å²) in [5.41, 5.74) is 5.49. The third-order valence-electron chi connectivity index (χ3n) is 6.56. The van der Waals surface area contributed by atoms with Crippen LogP contribution < -0.4 is 0 Å². The summed E-state index contributed by atoms with van der Waals surface area (Å²) in [6, 6.07) is 14.5. The Morgan fingerprint density at radius 2 is 1.87 bits per heavy atom. The lowest BCUT2D eigenvalue weighted by molar-refractivity contribution is -0.116. The van der Waals surface area contributed by atoms with Crippen LogP contribution in [0.15, 0.2) is 82.5 Å². The number of sulfone groups is 1. The first-order chi connectivity index (χ1) is 18.1. The van der Waals surface area contributed by atoms with E-state index in [0.29, 0.717) is 18.3 Å². The number of benzene rings is 2. The first-order valence-electron chi connectivity index (χ1n) is 12.0. The van der Waals surface area contributed by atoms with Crippen LogP contribution in [0.3, 0.4) is 0 Å². The molecule has 0 radical (unpaired) electrons. The maximum atomic E-state index is 15.0. The molecule has 0 N–H and O–H groups in total. The van der Waals surface area contributed by atoms with E-state index in [1.807, 2.05) is 38.1 Å². The molecule has 0 spiro atoms. The number of ketones is 1. The predicted molar refractivity (Wildman–Crippen MR) is 143 cm³/mol. The number of allylic oxidation sites excluding steroid dienone is 1. The van der Waals surface area contributed by atoms with E-state index < -0.39 is 33.0 Å². The molecule has 0 unspecified atom stereocenters. The van der Waals surface area contributed by atoms with E-state index in [1.54, 1.807) is 18.2 Å². The minimum atomic E-state index is -4.23. The standard InChI is InChI=1S/C29H25F2N3O3S/c1-18-14-33-19(2)28(18)21-7-5-6-20(10-21)15-34-16-27(29-25(31)11-22(30)12-26(29)34)38(36,37)17-24(35)13-23-8-3-4-9-32-23/h3-12,16H,13-15,17H2,1-2H3. The van der Waals surface area contributed by atoms with E-state index in [-0.39, 0.29) is 28.8 Å². The molecule has 5 rings (SSSR count). The first-order valence-corrected chi connectivity index (χ1v) is 13.7. The molecule has 0 saturated heterocycles. The summed E-state index contributed by atoms with van der Waals surface area (Å²) >= 11 is 0. The van der Waals surface area contributed by atoms with Crippen molar-refractivity contribution >= 4 is 37.8 Å². The van der Waals surface area contributed by atoms with Crippen molar-refractivity contribution in [2.75, 3.05) is 12.3 Å². The molecule has 0 amide bonds. The summed E-state index contributed by atoms with van der Waals surface area (Å²) in [7, 11) is -4.23. The molecule has 1 aliphatic heterocycles. The zero-order chi connectivity index (χ0) is 27.0. The monoisotopic (exact) mass is 533 g/mol. The summed E-state index contributed by atoms with van der Waals surface area (Å²) in [4.78, 5) is 20.8. The van der Waals surface area contributed by atoms with Gasteiger partial charge in [0.2, 0.25) is 0 Å². The van der Waals surface area contributed by atoms with Gasteiger partial charge in [-0.15, -0.1) is 0 Å². The second-order valence-electron chi connectivity index (χ2n) is 9.46. The Morgan fingerprint density at radius 3 is 2.58 bits per heavy atom. The van der Waals surface area contributed by atoms with Crippen LogP contribution in [0.25, 0.3) is 16.5 Å². The SMILES string of the molecule is CC1=NCC(C)=C1c1cccc(Cn2cc(S(=O)(=O)CC(=O)Cc3ccccn3)c3c(F)cc(F)cc32)c1. The number of pyridine rings is 1. The summed E-state index contributed by atoms with van der Waals surface area (Å²) < 4.78 is 57.4. The third kappa shape index (κ3) is 5.06. The van der Waals surface area contributed by atoms with Gasteiger partial charge in [0.25, 0.3) is 0 Å². The number of carbonyl (C=O) groups is 1. The molecule has 0 aliphatic carbocycles. The normalized spacial score (nSPS) is 13.8. The van der Waals surface area contributed by atoms with Crippen LogP contribution in [0.4, 0.5) is 8.78 Å². The Bertz CT molecular complexity index is 1740. The largest absolute Gasteiger partial charge is 0.342 e. The van der Waals surface area contributed by atoms with Crippen molar-refractivity contribution in [3.05, 3.63) is 101 Å². The fourth-order valence-electron chi connectivity index (χ4n) is 4.90. The molecule has 6 nitrogen and oxygen atoms in total. The zero-order valence-electron chi connectivity index (χ0n) is 20.9. The quantitative estimate of drug-likeness (QED) is 0.312. The summed E-state index contributed by atoms with van der Waals surface area (Å²) in [6.45, 7) is 4.80. The second-order valence-corrected chi connectivity index (χ2v) is 11.4. The lowest BCUT2D eigenvalue weighted by Crippen LogP contribution is -2.18. The predicted octanol–water partition coefficient (Wildman–Crippen LogP) is 5.20. The molecule has 0 atom stereocenters. The number of fused-ring (bicyclic) bond motifs is 1. The molecule has 1 aliphatic rings. The molecule has 9 heteroatoms. The number of rotatable bonds is 8. The van der Waals surface area contributed by atoms with Crippen molar-refractivity contribution in [2.45, 2.75) is 31.7 Å². The highest BCUT2D eigenvalue weighted by Gasteiger charge is 2.27. The highest BCUT2D eigenvalue weighted by atomic mass is 32.2. The number of Topliss-reactive ketones (excluding diaryl/α,β-unsaturated/α-hetero) is 1. The highest BCUT2D eigenvalue weighted by molar-refractivity contribution is 7.92. The molecule has 2 aromatic heterocycles. The van der Waals surface area contributed by atoms with Gasteiger partial charge in [0.15, 0.2) is 15.6 Å². The van der Waals surface area contributed by atoms with E-state index in [9.17, 15) is 22.0 Å². The molecule has 0 fully saturated rings. The van der Waals surface area contributed by atoms with Gasteiger partial charge < -0.3 is 4.57 Å². The molecule has 2 aromatic carbocycles. The van der Waals surface area contributed by atoms with Gasteiger partial charge in [0, 0.05) is 48.4 Å². The Kier molecular flexibility index (Phi) is 6.79. The van der Waals surface area contributed by atoms with Crippen LogP contribution in [-0.2, 0) is 27.6 Å². The second kappa shape index (κ2) is 10.1. The molecular formula is C29H25F2N3O3S. The fraction of sp³-hybridized carbons (Fsp3) is 0.207. The van der Waals surface area contributed by atoms with E-state index in [1.165, 1.54) is 17.0 Å². The van der Waals surface area contributed by atoms with Crippen LogP contribution in [0, 0.1) is 11.6 Å². The Morgan fingerprint density at radius 1 is 1.05 bits per heavy atom. The van der Waals surface area contributed by atoms with Gasteiger partial charge in [-0.3, -0.25) is 14.8 Å². The summed E-state index contributed by atoms with van der Waals surface area (Å²) in [5, 5.41) is -0.231. The van der Waals surface area contributed by atoms with Crippen LogP contribution in [0.1, 0.15) is 30.7 Å². The summed E-state index contributed by atoms with van der Waals surface area (Å²) in [5.74, 6) is -3.21. The Balaban J connectivity index is 1.51. The number of carbonyl (C=O) groups excluding carboxylic acids is 1. The molecule has 3 heterocycles. The average Bonchev–Trinajstić information content (AvgIpc) is 3.39. The Labute approximate surface area is 219 Å². The van der Waals surface area contributed by atoms with Crippen LogP contribution in [-0.4, -0.2) is 41.8 Å². The minimum absolute atomic E-state index is 0.0951. The number of hydrogen-bond acceptors (Lipinski definition) is 5.